The Morgan fingerprint density at radius 2 is 1.88 bits per heavy atom. The fourth-order valence-electron chi connectivity index (χ4n) is 1.74. The van der Waals surface area contributed by atoms with Crippen molar-refractivity contribution in [3.63, 3.8) is 0 Å². The molecule has 0 aliphatic carbocycles. The number of hydrogen-bond donors (Lipinski definition) is 1. The zero-order chi connectivity index (χ0) is 11.8. The fourth-order valence-corrected chi connectivity index (χ4v) is 1.74. The van der Waals surface area contributed by atoms with Crippen LogP contribution in [0.5, 0.6) is 5.75 Å². The van der Waals surface area contributed by atoms with Gasteiger partial charge in [0.25, 0.3) is 5.78 Å². The van der Waals surface area contributed by atoms with Gasteiger partial charge in [-0.25, -0.2) is 4.98 Å². The number of phenols is 1. The molecule has 0 radical (unpaired) electrons. The Hall–Kier alpha value is -2.43. The average molecular weight is 226 g/mol. The molecule has 2 aromatic heterocycles. The predicted molar refractivity (Wildman–Crippen MR) is 62.6 cm³/mol. The molecule has 17 heavy (non-hydrogen) atoms. The first-order valence-corrected chi connectivity index (χ1v) is 5.22. The van der Waals surface area contributed by atoms with Gasteiger partial charge in [-0.2, -0.15) is 9.50 Å². The summed E-state index contributed by atoms with van der Waals surface area (Å²) >= 11 is 0. The van der Waals surface area contributed by atoms with Crippen LogP contribution in [-0.2, 0) is 0 Å². The molecule has 1 N–H and O–H groups in total. The van der Waals surface area contributed by atoms with Crippen LogP contribution < -0.4 is 0 Å². The molecule has 0 spiro atoms. The molecule has 0 atom stereocenters. The van der Waals surface area contributed by atoms with Crippen molar-refractivity contribution in [2.24, 2.45) is 0 Å². The minimum absolute atomic E-state index is 0.244. The second kappa shape index (κ2) is 3.55. The first kappa shape index (κ1) is 9.77. The van der Waals surface area contributed by atoms with E-state index in [4.69, 9.17) is 0 Å². The van der Waals surface area contributed by atoms with Crippen LogP contribution in [-0.4, -0.2) is 24.7 Å². The molecule has 1 aromatic carbocycles. The Kier molecular flexibility index (Phi) is 2.04. The average Bonchev–Trinajstić information content (AvgIpc) is 2.70. The molecule has 0 amide bonds. The van der Waals surface area contributed by atoms with Gasteiger partial charge in [0.2, 0.25) is 0 Å². The molecule has 0 saturated heterocycles. The summed E-state index contributed by atoms with van der Waals surface area (Å²) in [5.41, 5.74) is 1.86. The summed E-state index contributed by atoms with van der Waals surface area (Å²) in [6, 6.07) is 8.83. The van der Waals surface area contributed by atoms with Crippen molar-refractivity contribution in [3.8, 4) is 17.0 Å². The number of hydrogen-bond acceptors (Lipinski definition) is 4. The third-order valence-electron chi connectivity index (χ3n) is 2.51. The summed E-state index contributed by atoms with van der Waals surface area (Å²) in [5, 5.41) is 13.6. The standard InChI is InChI=1S/C12H10N4O/c1-8-14-12-13-7-6-11(16(12)15-8)9-2-4-10(17)5-3-9/h2-7,17H,1H3. The zero-order valence-corrected chi connectivity index (χ0v) is 9.20. The van der Waals surface area contributed by atoms with Gasteiger partial charge in [-0.1, -0.05) is 0 Å². The molecule has 2 heterocycles. The fraction of sp³-hybridized carbons (Fsp3) is 0.0833. The van der Waals surface area contributed by atoms with Gasteiger partial charge in [0.15, 0.2) is 0 Å². The number of aromatic hydroxyl groups is 1. The van der Waals surface area contributed by atoms with Crippen LogP contribution in [0, 0.1) is 6.92 Å². The van der Waals surface area contributed by atoms with Gasteiger partial charge < -0.3 is 5.11 Å². The normalized spacial score (nSPS) is 10.9. The highest BCUT2D eigenvalue weighted by Gasteiger charge is 2.07. The zero-order valence-electron chi connectivity index (χ0n) is 9.20. The molecule has 3 rings (SSSR count). The number of phenolic OH excluding ortho intramolecular Hbond substituents is 1. The van der Waals surface area contributed by atoms with E-state index in [1.54, 1.807) is 22.8 Å². The smallest absolute Gasteiger partial charge is 0.252 e. The van der Waals surface area contributed by atoms with Crippen molar-refractivity contribution < 1.29 is 5.11 Å². The van der Waals surface area contributed by atoms with Crippen LogP contribution in [0.3, 0.4) is 0 Å². The number of aryl methyl sites for hydroxylation is 1. The van der Waals surface area contributed by atoms with Crippen LogP contribution in [0.2, 0.25) is 0 Å². The number of fused-ring (bicyclic) bond motifs is 1. The summed E-state index contributed by atoms with van der Waals surface area (Å²) < 4.78 is 1.70. The summed E-state index contributed by atoms with van der Waals surface area (Å²) in [4.78, 5) is 8.35. The third kappa shape index (κ3) is 1.61. The second-order valence-electron chi connectivity index (χ2n) is 3.75. The molecular weight excluding hydrogens is 216 g/mol. The Morgan fingerprint density at radius 1 is 1.12 bits per heavy atom. The van der Waals surface area contributed by atoms with Crippen molar-refractivity contribution >= 4 is 5.78 Å². The lowest BCUT2D eigenvalue weighted by molar-refractivity contribution is 0.475. The lowest BCUT2D eigenvalue weighted by Gasteiger charge is -2.03. The van der Waals surface area contributed by atoms with Crippen molar-refractivity contribution in [2.45, 2.75) is 6.92 Å². The number of nitrogens with zero attached hydrogens (tertiary/aromatic N) is 4. The van der Waals surface area contributed by atoms with E-state index in [0.29, 0.717) is 11.6 Å². The highest BCUT2D eigenvalue weighted by molar-refractivity contribution is 5.62. The maximum Gasteiger partial charge on any atom is 0.252 e. The van der Waals surface area contributed by atoms with Gasteiger partial charge in [0, 0.05) is 11.8 Å². The molecule has 0 bridgehead atoms. The van der Waals surface area contributed by atoms with E-state index < -0.39 is 0 Å². The van der Waals surface area contributed by atoms with Crippen LogP contribution in [0.25, 0.3) is 17.0 Å². The Bertz CT molecular complexity index is 673. The van der Waals surface area contributed by atoms with Gasteiger partial charge in [0.05, 0.1) is 5.69 Å². The number of benzene rings is 1. The molecule has 3 aromatic rings. The molecule has 0 aliphatic rings. The third-order valence-corrected chi connectivity index (χ3v) is 2.51. The minimum Gasteiger partial charge on any atom is -0.508 e. The van der Waals surface area contributed by atoms with Crippen molar-refractivity contribution in [2.75, 3.05) is 0 Å². The van der Waals surface area contributed by atoms with E-state index in [1.165, 1.54) is 0 Å². The summed E-state index contributed by atoms with van der Waals surface area (Å²) in [7, 11) is 0. The lowest BCUT2D eigenvalue weighted by Crippen LogP contribution is -1.95. The van der Waals surface area contributed by atoms with E-state index in [-0.39, 0.29) is 5.75 Å². The second-order valence-corrected chi connectivity index (χ2v) is 3.75. The molecule has 0 aliphatic heterocycles. The SMILES string of the molecule is Cc1nc2nccc(-c3ccc(O)cc3)n2n1. The largest absolute Gasteiger partial charge is 0.508 e. The number of aromatic nitrogens is 4. The highest BCUT2D eigenvalue weighted by atomic mass is 16.3. The quantitative estimate of drug-likeness (QED) is 0.687. The van der Waals surface area contributed by atoms with E-state index in [0.717, 1.165) is 11.3 Å². The van der Waals surface area contributed by atoms with E-state index in [1.807, 2.05) is 25.1 Å². The molecule has 0 fully saturated rings. The predicted octanol–water partition coefficient (Wildman–Crippen LogP) is 1.81. The molecule has 0 unspecified atom stereocenters. The lowest BCUT2D eigenvalue weighted by atomic mass is 10.1. The molecule has 5 nitrogen and oxygen atoms in total. The molecule has 5 heteroatoms. The summed E-state index contributed by atoms with van der Waals surface area (Å²) in [6.07, 6.45) is 1.70. The monoisotopic (exact) mass is 226 g/mol. The van der Waals surface area contributed by atoms with Gasteiger partial charge in [-0.05, 0) is 37.3 Å². The Morgan fingerprint density at radius 3 is 2.65 bits per heavy atom. The summed E-state index contributed by atoms with van der Waals surface area (Å²) in [6.45, 7) is 1.83. The Balaban J connectivity index is 2.26. The Labute approximate surface area is 97.4 Å². The van der Waals surface area contributed by atoms with Crippen molar-refractivity contribution in [1.82, 2.24) is 19.6 Å². The number of rotatable bonds is 1. The van der Waals surface area contributed by atoms with Crippen LogP contribution >= 0.6 is 0 Å². The van der Waals surface area contributed by atoms with Crippen LogP contribution in [0.15, 0.2) is 36.5 Å². The summed E-state index contributed by atoms with van der Waals surface area (Å²) in [5.74, 6) is 1.51. The maximum atomic E-state index is 9.27. The minimum atomic E-state index is 0.244. The van der Waals surface area contributed by atoms with E-state index in [2.05, 4.69) is 15.1 Å². The highest BCUT2D eigenvalue weighted by Crippen LogP contribution is 2.21. The first-order valence-electron chi connectivity index (χ1n) is 5.22. The van der Waals surface area contributed by atoms with Gasteiger partial charge in [-0.15, -0.1) is 5.10 Å². The molecular formula is C12H10N4O. The van der Waals surface area contributed by atoms with Crippen LogP contribution in [0.4, 0.5) is 0 Å². The van der Waals surface area contributed by atoms with Gasteiger partial charge >= 0.3 is 0 Å². The maximum absolute atomic E-state index is 9.27. The topological polar surface area (TPSA) is 63.3 Å². The van der Waals surface area contributed by atoms with E-state index >= 15 is 0 Å². The van der Waals surface area contributed by atoms with Gasteiger partial charge in [-0.3, -0.25) is 0 Å². The van der Waals surface area contributed by atoms with Crippen molar-refractivity contribution in [1.29, 1.82) is 0 Å². The van der Waals surface area contributed by atoms with Gasteiger partial charge in [0.1, 0.15) is 11.6 Å². The molecule has 84 valence electrons. The van der Waals surface area contributed by atoms with E-state index in [9.17, 15) is 5.11 Å². The first-order chi connectivity index (χ1) is 8.24. The van der Waals surface area contributed by atoms with Crippen LogP contribution in [0.1, 0.15) is 5.82 Å². The van der Waals surface area contributed by atoms with Crippen molar-refractivity contribution in [3.05, 3.63) is 42.4 Å². The molecule has 0 saturated carbocycles.